The van der Waals surface area contributed by atoms with Crippen LogP contribution in [0.15, 0.2) is 47.4 Å². The van der Waals surface area contributed by atoms with Crippen LogP contribution in [0.25, 0.3) is 0 Å². The molecule has 0 radical (unpaired) electrons. The van der Waals surface area contributed by atoms with Crippen LogP contribution in [0.3, 0.4) is 0 Å². The van der Waals surface area contributed by atoms with Crippen LogP contribution < -0.4 is 14.8 Å². The Morgan fingerprint density at radius 1 is 1.06 bits per heavy atom. The number of thioether (sulfide) groups is 1. The third-order valence-electron chi connectivity index (χ3n) is 3.86. The third kappa shape index (κ3) is 6.65. The molecule has 1 N–H and O–H groups in total. The van der Waals surface area contributed by atoms with Gasteiger partial charge < -0.3 is 24.3 Å². The molecule has 2 aromatic rings. The molecule has 0 unspecified atom stereocenters. The first-order valence-electron chi connectivity index (χ1n) is 9.51. The van der Waals surface area contributed by atoms with E-state index < -0.39 is 24.1 Å². The van der Waals surface area contributed by atoms with Crippen molar-refractivity contribution >= 4 is 35.3 Å². The maximum Gasteiger partial charge on any atom is 0.344 e. The van der Waals surface area contributed by atoms with E-state index in [1.807, 2.05) is 0 Å². The summed E-state index contributed by atoms with van der Waals surface area (Å²) in [5, 5.41) is 2.78. The molecule has 0 aromatic heterocycles. The second-order valence-corrected chi connectivity index (χ2v) is 8.58. The number of nitrogens with one attached hydrogen (secondary N) is 1. The Hall–Kier alpha value is -3.20. The fourth-order valence-corrected chi connectivity index (χ4v) is 3.49. The quantitative estimate of drug-likeness (QED) is 0.509. The Morgan fingerprint density at radius 2 is 1.81 bits per heavy atom. The van der Waals surface area contributed by atoms with Gasteiger partial charge in [-0.05, 0) is 45.0 Å². The number of benzene rings is 2. The number of anilines is 1. The smallest absolute Gasteiger partial charge is 0.344 e. The lowest BCUT2D eigenvalue weighted by Crippen LogP contribution is -2.27. The average molecular weight is 445 g/mol. The van der Waals surface area contributed by atoms with Gasteiger partial charge in [0.1, 0.15) is 5.60 Å². The first-order chi connectivity index (χ1) is 14.7. The average Bonchev–Trinajstić information content (AvgIpc) is 3.17. The zero-order chi connectivity index (χ0) is 22.4. The zero-order valence-electron chi connectivity index (χ0n) is 17.4. The van der Waals surface area contributed by atoms with Crippen LogP contribution in [0.4, 0.5) is 5.69 Å². The number of fused-ring (bicyclic) bond motifs is 1. The summed E-state index contributed by atoms with van der Waals surface area (Å²) in [6.07, 6.45) is 0. The van der Waals surface area contributed by atoms with E-state index in [9.17, 15) is 14.4 Å². The summed E-state index contributed by atoms with van der Waals surface area (Å²) >= 11 is 1.19. The van der Waals surface area contributed by atoms with Crippen molar-refractivity contribution in [2.24, 2.45) is 0 Å². The number of ether oxygens (including phenoxy) is 4. The van der Waals surface area contributed by atoms with E-state index in [0.29, 0.717) is 22.1 Å². The van der Waals surface area contributed by atoms with Crippen molar-refractivity contribution in [1.82, 2.24) is 0 Å². The summed E-state index contributed by atoms with van der Waals surface area (Å²) in [4.78, 5) is 37.1. The molecular weight excluding hydrogens is 422 g/mol. The first kappa shape index (κ1) is 22.5. The van der Waals surface area contributed by atoms with Crippen molar-refractivity contribution in [2.45, 2.75) is 31.3 Å². The van der Waals surface area contributed by atoms with E-state index in [0.717, 1.165) is 0 Å². The molecular formula is C22H23NO7S. The van der Waals surface area contributed by atoms with Gasteiger partial charge in [0.15, 0.2) is 18.1 Å². The lowest BCUT2D eigenvalue weighted by molar-refractivity contribution is -0.158. The summed E-state index contributed by atoms with van der Waals surface area (Å²) in [5.41, 5.74) is 0.189. The van der Waals surface area contributed by atoms with Crippen LogP contribution in [0.5, 0.6) is 11.5 Å². The van der Waals surface area contributed by atoms with Crippen molar-refractivity contribution in [3.8, 4) is 11.5 Å². The monoisotopic (exact) mass is 445 g/mol. The number of carbonyl (C=O) groups excluding carboxylic acids is 3. The molecule has 0 saturated carbocycles. The minimum absolute atomic E-state index is 0.0742. The Morgan fingerprint density at radius 3 is 2.58 bits per heavy atom. The highest BCUT2D eigenvalue weighted by Crippen LogP contribution is 2.34. The van der Waals surface area contributed by atoms with Gasteiger partial charge in [-0.25, -0.2) is 9.59 Å². The van der Waals surface area contributed by atoms with Gasteiger partial charge in [0.2, 0.25) is 12.7 Å². The van der Waals surface area contributed by atoms with Gasteiger partial charge in [0, 0.05) is 16.6 Å². The molecule has 0 fully saturated rings. The van der Waals surface area contributed by atoms with Crippen molar-refractivity contribution in [1.29, 1.82) is 0 Å². The minimum Gasteiger partial charge on any atom is -0.457 e. The molecule has 31 heavy (non-hydrogen) atoms. The topological polar surface area (TPSA) is 100 Å². The SMILES string of the molecule is CC(C)(C)OC(=O)COC(=O)c1ccccc1SCC(=O)Nc1ccc2c(c1)OCO2. The maximum absolute atomic E-state index is 12.4. The lowest BCUT2D eigenvalue weighted by atomic mass is 10.2. The van der Waals surface area contributed by atoms with E-state index >= 15 is 0 Å². The normalized spacial score (nSPS) is 12.2. The second-order valence-electron chi connectivity index (χ2n) is 7.56. The van der Waals surface area contributed by atoms with Gasteiger partial charge in [0.05, 0.1) is 11.3 Å². The Bertz CT molecular complexity index is 984. The highest BCUT2D eigenvalue weighted by atomic mass is 32.2. The van der Waals surface area contributed by atoms with E-state index in [2.05, 4.69) is 5.32 Å². The Labute approximate surface area is 184 Å². The van der Waals surface area contributed by atoms with Crippen LogP contribution in [-0.4, -0.2) is 42.6 Å². The molecule has 1 heterocycles. The van der Waals surface area contributed by atoms with Gasteiger partial charge >= 0.3 is 11.9 Å². The van der Waals surface area contributed by atoms with Gasteiger partial charge in [-0.1, -0.05) is 12.1 Å². The van der Waals surface area contributed by atoms with Gasteiger partial charge in [0.25, 0.3) is 0 Å². The molecule has 3 rings (SSSR count). The largest absolute Gasteiger partial charge is 0.457 e. The third-order valence-corrected chi connectivity index (χ3v) is 4.94. The molecule has 0 bridgehead atoms. The number of hydrogen-bond acceptors (Lipinski definition) is 8. The number of amides is 1. The molecule has 2 aromatic carbocycles. The van der Waals surface area contributed by atoms with Crippen molar-refractivity contribution in [3.63, 3.8) is 0 Å². The molecule has 0 aliphatic carbocycles. The Balaban J connectivity index is 1.54. The van der Waals surface area contributed by atoms with Crippen LogP contribution in [0.2, 0.25) is 0 Å². The van der Waals surface area contributed by atoms with Crippen molar-refractivity contribution in [2.75, 3.05) is 24.5 Å². The predicted octanol–water partition coefficient (Wildman–Crippen LogP) is 3.64. The molecule has 9 heteroatoms. The minimum atomic E-state index is -0.664. The van der Waals surface area contributed by atoms with Crippen molar-refractivity contribution < 1.29 is 33.3 Å². The lowest BCUT2D eigenvalue weighted by Gasteiger charge is -2.19. The van der Waals surface area contributed by atoms with Crippen LogP contribution in [-0.2, 0) is 19.1 Å². The van der Waals surface area contributed by atoms with E-state index in [4.69, 9.17) is 18.9 Å². The molecule has 0 spiro atoms. The van der Waals surface area contributed by atoms with E-state index in [1.165, 1.54) is 11.8 Å². The van der Waals surface area contributed by atoms with Crippen molar-refractivity contribution in [3.05, 3.63) is 48.0 Å². The molecule has 1 aliphatic rings. The standard InChI is InChI=1S/C22H23NO7S/c1-22(2,3)30-20(25)11-27-21(26)15-6-4-5-7-18(15)31-12-19(24)23-14-8-9-16-17(10-14)29-13-28-16/h4-10H,11-13H2,1-3H3,(H,23,24). The molecule has 1 amide bonds. The van der Waals surface area contributed by atoms with Crippen LogP contribution in [0.1, 0.15) is 31.1 Å². The number of esters is 2. The predicted molar refractivity (Wildman–Crippen MR) is 114 cm³/mol. The highest BCUT2D eigenvalue weighted by molar-refractivity contribution is 8.00. The summed E-state index contributed by atoms with van der Waals surface area (Å²) in [7, 11) is 0. The van der Waals surface area contributed by atoms with E-state index in [-0.39, 0.29) is 24.0 Å². The number of hydrogen-bond donors (Lipinski definition) is 1. The van der Waals surface area contributed by atoms with Gasteiger partial charge in [-0.15, -0.1) is 11.8 Å². The second kappa shape index (κ2) is 9.74. The molecule has 164 valence electrons. The van der Waals surface area contributed by atoms with Gasteiger partial charge in [-0.3, -0.25) is 4.79 Å². The Kier molecular flexibility index (Phi) is 7.06. The zero-order valence-corrected chi connectivity index (χ0v) is 18.2. The van der Waals surface area contributed by atoms with Crippen LogP contribution >= 0.6 is 11.8 Å². The molecule has 0 saturated heterocycles. The summed E-state index contributed by atoms with van der Waals surface area (Å²) in [6, 6.07) is 11.9. The van der Waals surface area contributed by atoms with Crippen LogP contribution in [0, 0.1) is 0 Å². The van der Waals surface area contributed by atoms with Gasteiger partial charge in [-0.2, -0.15) is 0 Å². The number of carbonyl (C=O) groups is 3. The molecule has 1 aliphatic heterocycles. The van der Waals surface area contributed by atoms with E-state index in [1.54, 1.807) is 63.2 Å². The summed E-state index contributed by atoms with van der Waals surface area (Å²) in [6.45, 7) is 4.86. The number of rotatable bonds is 7. The summed E-state index contributed by atoms with van der Waals surface area (Å²) < 4.78 is 20.7. The molecule has 8 nitrogen and oxygen atoms in total. The fraction of sp³-hybridized carbons (Fsp3) is 0.318. The highest BCUT2D eigenvalue weighted by Gasteiger charge is 2.20. The molecule has 0 atom stereocenters. The summed E-state index contributed by atoms with van der Waals surface area (Å²) in [5.74, 6) is -0.264. The fourth-order valence-electron chi connectivity index (χ4n) is 2.65. The first-order valence-corrected chi connectivity index (χ1v) is 10.5. The maximum atomic E-state index is 12.4.